The lowest BCUT2D eigenvalue weighted by Crippen LogP contribution is -2.44. The van der Waals surface area contributed by atoms with Gasteiger partial charge < -0.3 is 15.4 Å². The van der Waals surface area contributed by atoms with Crippen LogP contribution in [0, 0.1) is 5.92 Å². The van der Waals surface area contributed by atoms with Crippen LogP contribution in [0.4, 0.5) is 0 Å². The van der Waals surface area contributed by atoms with Crippen molar-refractivity contribution in [2.75, 3.05) is 59.0 Å². The highest BCUT2D eigenvalue weighted by molar-refractivity contribution is 5.79. The topological polar surface area (TPSA) is 52.1 Å². The lowest BCUT2D eigenvalue weighted by molar-refractivity contribution is 0.0389. The molecule has 1 aromatic carbocycles. The van der Waals surface area contributed by atoms with E-state index in [0.29, 0.717) is 6.54 Å². The zero-order valence-corrected chi connectivity index (χ0v) is 18.3. The third-order valence-corrected chi connectivity index (χ3v) is 5.86. The molecule has 162 valence electrons. The van der Waals surface area contributed by atoms with Gasteiger partial charge in [-0.2, -0.15) is 0 Å². The Balaban J connectivity index is 1.47. The molecule has 3 rings (SSSR count). The number of benzene rings is 1. The van der Waals surface area contributed by atoms with Gasteiger partial charge in [0.05, 0.1) is 19.8 Å². The van der Waals surface area contributed by atoms with Crippen LogP contribution >= 0.6 is 0 Å². The molecule has 2 saturated heterocycles. The smallest absolute Gasteiger partial charge is 0.191 e. The van der Waals surface area contributed by atoms with E-state index in [4.69, 9.17) is 9.73 Å². The summed E-state index contributed by atoms with van der Waals surface area (Å²) in [6.07, 6.45) is 2.65. The van der Waals surface area contributed by atoms with E-state index in [9.17, 15) is 0 Å². The normalized spacial score (nSPS) is 20.0. The molecule has 29 heavy (non-hydrogen) atoms. The summed E-state index contributed by atoms with van der Waals surface area (Å²) in [7, 11) is 0. The maximum absolute atomic E-state index is 5.41. The van der Waals surface area contributed by atoms with Gasteiger partial charge in [0.1, 0.15) is 0 Å². The second-order valence-corrected chi connectivity index (χ2v) is 8.35. The van der Waals surface area contributed by atoms with Crippen LogP contribution in [0.25, 0.3) is 0 Å². The van der Waals surface area contributed by atoms with E-state index in [2.05, 4.69) is 58.5 Å². The van der Waals surface area contributed by atoms with Crippen molar-refractivity contribution in [3.05, 3.63) is 35.4 Å². The van der Waals surface area contributed by atoms with Crippen LogP contribution in [-0.4, -0.2) is 74.8 Å². The number of nitrogens with zero attached hydrogens (tertiary/aromatic N) is 3. The number of rotatable bonds is 8. The van der Waals surface area contributed by atoms with Gasteiger partial charge in [0.15, 0.2) is 5.96 Å². The van der Waals surface area contributed by atoms with E-state index < -0.39 is 0 Å². The second kappa shape index (κ2) is 12.2. The van der Waals surface area contributed by atoms with Gasteiger partial charge in [-0.3, -0.25) is 9.80 Å². The van der Waals surface area contributed by atoms with Crippen LogP contribution in [0.3, 0.4) is 0 Å². The minimum Gasteiger partial charge on any atom is -0.379 e. The van der Waals surface area contributed by atoms with Gasteiger partial charge in [-0.15, -0.1) is 0 Å². The third kappa shape index (κ3) is 7.96. The van der Waals surface area contributed by atoms with Gasteiger partial charge in [0, 0.05) is 39.3 Å². The summed E-state index contributed by atoms with van der Waals surface area (Å²) >= 11 is 0. The van der Waals surface area contributed by atoms with Crippen LogP contribution in [0.15, 0.2) is 29.3 Å². The van der Waals surface area contributed by atoms with Gasteiger partial charge >= 0.3 is 0 Å². The molecule has 1 aromatic rings. The highest BCUT2D eigenvalue weighted by Gasteiger charge is 2.15. The first kappa shape index (κ1) is 22.1. The molecule has 0 aromatic heterocycles. The van der Waals surface area contributed by atoms with Gasteiger partial charge in [0.25, 0.3) is 0 Å². The molecule has 2 aliphatic heterocycles. The molecule has 0 amide bonds. The molecule has 2 N–H and O–H groups in total. The van der Waals surface area contributed by atoms with Gasteiger partial charge in [-0.1, -0.05) is 31.2 Å². The van der Waals surface area contributed by atoms with Crippen molar-refractivity contribution in [2.45, 2.75) is 39.8 Å². The second-order valence-electron chi connectivity index (χ2n) is 8.35. The largest absolute Gasteiger partial charge is 0.379 e. The van der Waals surface area contributed by atoms with E-state index in [1.54, 1.807) is 0 Å². The monoisotopic (exact) mass is 401 g/mol. The van der Waals surface area contributed by atoms with E-state index in [-0.39, 0.29) is 0 Å². The van der Waals surface area contributed by atoms with E-state index >= 15 is 0 Å². The van der Waals surface area contributed by atoms with Crippen molar-refractivity contribution in [2.24, 2.45) is 10.9 Å². The Labute approximate surface area is 176 Å². The third-order valence-electron chi connectivity index (χ3n) is 5.86. The molecular weight excluding hydrogens is 362 g/mol. The van der Waals surface area contributed by atoms with Crippen molar-refractivity contribution in [1.82, 2.24) is 20.4 Å². The molecule has 6 nitrogen and oxygen atoms in total. The first-order chi connectivity index (χ1) is 14.2. The summed E-state index contributed by atoms with van der Waals surface area (Å²) in [5, 5.41) is 6.83. The molecule has 0 unspecified atom stereocenters. The van der Waals surface area contributed by atoms with Crippen LogP contribution in [0.2, 0.25) is 0 Å². The number of hydrogen-bond acceptors (Lipinski definition) is 4. The van der Waals surface area contributed by atoms with Gasteiger partial charge in [-0.25, -0.2) is 4.99 Å². The summed E-state index contributed by atoms with van der Waals surface area (Å²) in [4.78, 5) is 9.82. The fraction of sp³-hybridized carbons (Fsp3) is 0.696. The minimum absolute atomic E-state index is 0.706. The summed E-state index contributed by atoms with van der Waals surface area (Å²) in [6.45, 7) is 15.2. The maximum Gasteiger partial charge on any atom is 0.191 e. The Bertz CT molecular complexity index is 621. The maximum atomic E-state index is 5.41. The van der Waals surface area contributed by atoms with E-state index in [1.807, 2.05) is 0 Å². The van der Waals surface area contributed by atoms with Gasteiger partial charge in [-0.05, 0) is 49.9 Å². The van der Waals surface area contributed by atoms with Gasteiger partial charge in [0.2, 0.25) is 0 Å². The summed E-state index contributed by atoms with van der Waals surface area (Å²) < 4.78 is 5.41. The Kier molecular flexibility index (Phi) is 9.25. The molecule has 0 saturated carbocycles. The highest BCUT2D eigenvalue weighted by atomic mass is 16.5. The average Bonchev–Trinajstić information content (AvgIpc) is 2.75. The predicted molar refractivity (Wildman–Crippen MR) is 120 cm³/mol. The number of hydrogen-bond donors (Lipinski definition) is 2. The molecule has 2 fully saturated rings. The van der Waals surface area contributed by atoms with Crippen LogP contribution in [0.5, 0.6) is 0 Å². The zero-order chi connectivity index (χ0) is 20.3. The van der Waals surface area contributed by atoms with Crippen molar-refractivity contribution < 1.29 is 4.74 Å². The van der Waals surface area contributed by atoms with Crippen molar-refractivity contribution in [3.63, 3.8) is 0 Å². The number of nitrogens with one attached hydrogen (secondary N) is 2. The fourth-order valence-electron chi connectivity index (χ4n) is 3.97. The number of piperidine rings is 1. The fourth-order valence-corrected chi connectivity index (χ4v) is 3.97. The minimum atomic E-state index is 0.706. The molecule has 0 spiro atoms. The summed E-state index contributed by atoms with van der Waals surface area (Å²) in [5.74, 6) is 1.78. The van der Waals surface area contributed by atoms with Crippen LogP contribution < -0.4 is 10.6 Å². The Morgan fingerprint density at radius 3 is 2.59 bits per heavy atom. The standard InChI is InChI=1S/C23H39N5O/c1-3-24-23(25-9-12-27-13-15-29-16-14-27)26-18-21-5-4-6-22(17-21)19-28-10-7-20(2)8-11-28/h4-6,17,20H,3,7-16,18-19H2,1-2H3,(H2,24,25,26). The molecule has 0 radical (unpaired) electrons. The quantitative estimate of drug-likeness (QED) is 0.517. The molecular formula is C23H39N5O. The molecule has 2 heterocycles. The number of likely N-dealkylation sites (tertiary alicyclic amines) is 1. The SMILES string of the molecule is CCNC(=NCc1cccc(CN2CCC(C)CC2)c1)NCCN1CCOCC1. The van der Waals surface area contributed by atoms with Crippen molar-refractivity contribution >= 4 is 5.96 Å². The summed E-state index contributed by atoms with van der Waals surface area (Å²) in [6, 6.07) is 8.92. The van der Waals surface area contributed by atoms with Crippen molar-refractivity contribution in [1.29, 1.82) is 0 Å². The first-order valence-corrected chi connectivity index (χ1v) is 11.4. The number of aliphatic imine (C=N–C) groups is 1. The van der Waals surface area contributed by atoms with Crippen LogP contribution in [0.1, 0.15) is 37.8 Å². The first-order valence-electron chi connectivity index (χ1n) is 11.4. The van der Waals surface area contributed by atoms with E-state index in [0.717, 1.165) is 64.4 Å². The zero-order valence-electron chi connectivity index (χ0n) is 18.3. The molecule has 0 bridgehead atoms. The number of guanidine groups is 1. The highest BCUT2D eigenvalue weighted by Crippen LogP contribution is 2.18. The van der Waals surface area contributed by atoms with E-state index in [1.165, 1.54) is 37.1 Å². The molecule has 0 aliphatic carbocycles. The lowest BCUT2D eigenvalue weighted by atomic mass is 9.98. The Hall–Kier alpha value is -1.63. The lowest BCUT2D eigenvalue weighted by Gasteiger charge is -2.30. The predicted octanol–water partition coefficient (Wildman–Crippen LogP) is 2.31. The molecule has 0 atom stereocenters. The van der Waals surface area contributed by atoms with Crippen LogP contribution in [-0.2, 0) is 17.8 Å². The van der Waals surface area contributed by atoms with Crippen molar-refractivity contribution in [3.8, 4) is 0 Å². The molecule has 6 heteroatoms. The average molecular weight is 402 g/mol. The molecule has 2 aliphatic rings. The Morgan fingerprint density at radius 1 is 1.07 bits per heavy atom. The Morgan fingerprint density at radius 2 is 1.83 bits per heavy atom. The number of ether oxygens (including phenoxy) is 1. The number of morpholine rings is 1. The summed E-state index contributed by atoms with van der Waals surface area (Å²) in [5.41, 5.74) is 2.68.